The molecular weight excluding hydrogens is 218 g/mol. The van der Waals surface area contributed by atoms with Gasteiger partial charge in [0.25, 0.3) is 0 Å². The molecule has 0 spiro atoms. The van der Waals surface area contributed by atoms with Gasteiger partial charge in [-0.05, 0) is 56.3 Å². The lowest BCUT2D eigenvalue weighted by Crippen LogP contribution is -2.39. The smallest absolute Gasteiger partial charge is 0.0441 e. The van der Waals surface area contributed by atoms with Gasteiger partial charge in [0.05, 0.1) is 0 Å². The molecule has 1 fully saturated rings. The average Bonchev–Trinajstić information content (AvgIpc) is 2.18. The topological polar surface area (TPSA) is 12.0 Å². The van der Waals surface area contributed by atoms with Gasteiger partial charge in [-0.15, -0.1) is 0 Å². The van der Waals surface area contributed by atoms with Gasteiger partial charge in [0.1, 0.15) is 0 Å². The van der Waals surface area contributed by atoms with Crippen LogP contribution in [-0.2, 0) is 6.42 Å². The van der Waals surface area contributed by atoms with E-state index in [1.807, 2.05) is 0 Å². The third-order valence-corrected chi connectivity index (χ3v) is 4.09. The van der Waals surface area contributed by atoms with Crippen LogP contribution in [0.2, 0.25) is 5.02 Å². The van der Waals surface area contributed by atoms with Crippen molar-refractivity contribution < 1.29 is 0 Å². The van der Waals surface area contributed by atoms with Crippen LogP contribution in [0.1, 0.15) is 30.4 Å². The highest BCUT2D eigenvalue weighted by atomic mass is 35.5. The fourth-order valence-electron chi connectivity index (χ4n) is 2.40. The molecule has 0 radical (unpaired) electrons. The summed E-state index contributed by atoms with van der Waals surface area (Å²) >= 11 is 6.27. The molecule has 16 heavy (non-hydrogen) atoms. The summed E-state index contributed by atoms with van der Waals surface area (Å²) in [6.45, 7) is 2.08. The number of halogens is 1. The van der Waals surface area contributed by atoms with Crippen molar-refractivity contribution in [2.24, 2.45) is 5.92 Å². The van der Waals surface area contributed by atoms with Crippen molar-refractivity contribution >= 4 is 11.6 Å². The van der Waals surface area contributed by atoms with Crippen molar-refractivity contribution in [3.8, 4) is 0 Å². The molecule has 1 aromatic rings. The Morgan fingerprint density at radius 1 is 1.44 bits per heavy atom. The summed E-state index contributed by atoms with van der Waals surface area (Å²) in [5.74, 6) is 0.849. The van der Waals surface area contributed by atoms with Crippen LogP contribution < -0.4 is 5.32 Å². The van der Waals surface area contributed by atoms with E-state index in [1.54, 1.807) is 0 Å². The van der Waals surface area contributed by atoms with Gasteiger partial charge in [-0.3, -0.25) is 0 Å². The quantitative estimate of drug-likeness (QED) is 0.844. The Balaban J connectivity index is 2.06. The molecule has 1 aliphatic carbocycles. The average molecular weight is 238 g/mol. The van der Waals surface area contributed by atoms with Gasteiger partial charge in [-0.2, -0.15) is 0 Å². The normalized spacial score (nSPS) is 18.2. The van der Waals surface area contributed by atoms with Gasteiger partial charge < -0.3 is 5.32 Å². The van der Waals surface area contributed by atoms with Crippen LogP contribution in [0, 0.1) is 12.8 Å². The number of rotatable bonds is 4. The maximum Gasteiger partial charge on any atom is 0.0441 e. The minimum atomic E-state index is 0.592. The summed E-state index contributed by atoms with van der Waals surface area (Å²) in [5, 5.41) is 4.35. The number of likely N-dealkylation sites (N-methyl/N-ethyl adjacent to an activating group) is 1. The summed E-state index contributed by atoms with van der Waals surface area (Å²) in [5.41, 5.74) is 2.51. The third-order valence-electron chi connectivity index (χ3n) is 3.74. The van der Waals surface area contributed by atoms with E-state index in [0.29, 0.717) is 6.04 Å². The van der Waals surface area contributed by atoms with Crippen LogP contribution in [-0.4, -0.2) is 13.1 Å². The highest BCUT2D eigenvalue weighted by Crippen LogP contribution is 2.32. The second kappa shape index (κ2) is 5.20. The molecule has 2 heteroatoms. The molecule has 0 saturated heterocycles. The lowest BCUT2D eigenvalue weighted by molar-refractivity contribution is 0.236. The standard InChI is InChI=1S/C14H20ClN/c1-10-6-7-12(13(15)8-10)9-14(16-2)11-4-3-5-11/h6-8,11,14,16H,3-5,9H2,1-2H3. The highest BCUT2D eigenvalue weighted by molar-refractivity contribution is 6.31. The lowest BCUT2D eigenvalue weighted by atomic mass is 9.77. The summed E-state index contributed by atoms with van der Waals surface area (Å²) in [4.78, 5) is 0. The van der Waals surface area contributed by atoms with Crippen LogP contribution in [0.4, 0.5) is 0 Å². The zero-order chi connectivity index (χ0) is 11.5. The van der Waals surface area contributed by atoms with E-state index < -0.39 is 0 Å². The summed E-state index contributed by atoms with van der Waals surface area (Å²) < 4.78 is 0. The molecular formula is C14H20ClN. The van der Waals surface area contributed by atoms with E-state index in [-0.39, 0.29) is 0 Å². The Kier molecular flexibility index (Phi) is 3.88. The summed E-state index contributed by atoms with van der Waals surface area (Å²) in [7, 11) is 2.06. The van der Waals surface area contributed by atoms with Crippen molar-refractivity contribution in [2.75, 3.05) is 7.05 Å². The number of hydrogen-bond donors (Lipinski definition) is 1. The molecule has 0 heterocycles. The molecule has 0 aromatic heterocycles. The molecule has 0 bridgehead atoms. The molecule has 1 aliphatic rings. The van der Waals surface area contributed by atoms with Crippen LogP contribution in [0.25, 0.3) is 0 Å². The van der Waals surface area contributed by atoms with Gasteiger partial charge in [0.15, 0.2) is 0 Å². The monoisotopic (exact) mass is 237 g/mol. The van der Waals surface area contributed by atoms with E-state index in [9.17, 15) is 0 Å². The molecule has 1 nitrogen and oxygen atoms in total. The molecule has 1 aromatic carbocycles. The molecule has 1 saturated carbocycles. The fourth-order valence-corrected chi connectivity index (χ4v) is 2.71. The molecule has 1 unspecified atom stereocenters. The van der Waals surface area contributed by atoms with Crippen molar-refractivity contribution in [1.29, 1.82) is 0 Å². The first kappa shape index (κ1) is 11.9. The van der Waals surface area contributed by atoms with Gasteiger partial charge in [-0.25, -0.2) is 0 Å². The van der Waals surface area contributed by atoms with Crippen LogP contribution >= 0.6 is 11.6 Å². The van der Waals surface area contributed by atoms with Gasteiger partial charge in [0, 0.05) is 11.1 Å². The van der Waals surface area contributed by atoms with Crippen molar-refractivity contribution in [3.05, 3.63) is 34.3 Å². The van der Waals surface area contributed by atoms with Crippen molar-refractivity contribution in [3.63, 3.8) is 0 Å². The molecule has 1 atom stereocenters. The predicted molar refractivity (Wildman–Crippen MR) is 70.1 cm³/mol. The fraction of sp³-hybridized carbons (Fsp3) is 0.571. The highest BCUT2D eigenvalue weighted by Gasteiger charge is 2.26. The van der Waals surface area contributed by atoms with Crippen molar-refractivity contribution in [2.45, 2.75) is 38.6 Å². The lowest BCUT2D eigenvalue weighted by Gasteiger charge is -2.34. The van der Waals surface area contributed by atoms with E-state index in [4.69, 9.17) is 11.6 Å². The molecule has 0 aliphatic heterocycles. The minimum absolute atomic E-state index is 0.592. The molecule has 2 rings (SSSR count). The summed E-state index contributed by atoms with van der Waals surface area (Å²) in [6.07, 6.45) is 5.19. The maximum atomic E-state index is 6.27. The first-order valence-electron chi connectivity index (χ1n) is 6.13. The molecule has 88 valence electrons. The first-order valence-corrected chi connectivity index (χ1v) is 6.51. The Labute approximate surface area is 103 Å². The van der Waals surface area contributed by atoms with E-state index in [0.717, 1.165) is 17.4 Å². The molecule has 1 N–H and O–H groups in total. The Bertz CT molecular complexity index is 358. The van der Waals surface area contributed by atoms with Crippen molar-refractivity contribution in [1.82, 2.24) is 5.32 Å². The van der Waals surface area contributed by atoms with Crippen LogP contribution in [0.5, 0.6) is 0 Å². The zero-order valence-corrected chi connectivity index (χ0v) is 10.8. The van der Waals surface area contributed by atoms with Crippen LogP contribution in [0.15, 0.2) is 18.2 Å². The SMILES string of the molecule is CNC(Cc1ccc(C)cc1Cl)C1CCC1. The largest absolute Gasteiger partial charge is 0.316 e. The minimum Gasteiger partial charge on any atom is -0.316 e. The number of hydrogen-bond acceptors (Lipinski definition) is 1. The van der Waals surface area contributed by atoms with Gasteiger partial charge in [-0.1, -0.05) is 30.2 Å². The maximum absolute atomic E-state index is 6.27. The molecule has 0 amide bonds. The predicted octanol–water partition coefficient (Wildman–Crippen LogP) is 3.58. The van der Waals surface area contributed by atoms with Crippen LogP contribution in [0.3, 0.4) is 0 Å². The van der Waals surface area contributed by atoms with E-state index >= 15 is 0 Å². The summed E-state index contributed by atoms with van der Waals surface area (Å²) in [6, 6.07) is 6.97. The second-order valence-corrected chi connectivity index (χ2v) is 5.29. The number of aryl methyl sites for hydroxylation is 1. The number of benzene rings is 1. The van der Waals surface area contributed by atoms with E-state index in [1.165, 1.54) is 30.4 Å². The van der Waals surface area contributed by atoms with E-state index in [2.05, 4.69) is 37.5 Å². The first-order chi connectivity index (χ1) is 7.70. The van der Waals surface area contributed by atoms with Gasteiger partial charge in [0.2, 0.25) is 0 Å². The Hall–Kier alpha value is -0.530. The Morgan fingerprint density at radius 2 is 2.19 bits per heavy atom. The third kappa shape index (κ3) is 2.58. The zero-order valence-electron chi connectivity index (χ0n) is 10.1. The Morgan fingerprint density at radius 3 is 2.69 bits per heavy atom. The second-order valence-electron chi connectivity index (χ2n) is 4.89. The number of nitrogens with one attached hydrogen (secondary N) is 1. The van der Waals surface area contributed by atoms with Gasteiger partial charge >= 0.3 is 0 Å².